The van der Waals surface area contributed by atoms with Gasteiger partial charge in [-0.05, 0) is 36.2 Å². The molecule has 3 unspecified atom stereocenters. The maximum Gasteiger partial charge on any atom is 0.171 e. The Morgan fingerprint density at radius 1 is 1.38 bits per heavy atom. The Kier molecular flexibility index (Phi) is 4.16. The highest BCUT2D eigenvalue weighted by atomic mass is 32.1. The zero-order valence-corrected chi connectivity index (χ0v) is 14.1. The van der Waals surface area contributed by atoms with Gasteiger partial charge < -0.3 is 10.6 Å². The van der Waals surface area contributed by atoms with Crippen molar-refractivity contribution in [3.8, 4) is 18.2 Å². The van der Waals surface area contributed by atoms with Crippen LogP contribution >= 0.6 is 11.3 Å². The second-order valence-electron chi connectivity index (χ2n) is 6.05. The lowest BCUT2D eigenvalue weighted by molar-refractivity contribution is 0.221. The third kappa shape index (κ3) is 2.14. The van der Waals surface area contributed by atoms with Gasteiger partial charge in [-0.25, -0.2) is 0 Å². The summed E-state index contributed by atoms with van der Waals surface area (Å²) >= 11 is 1.53. The second-order valence-corrected chi connectivity index (χ2v) is 7.03. The molecule has 1 aromatic heterocycles. The van der Waals surface area contributed by atoms with Gasteiger partial charge >= 0.3 is 0 Å². The van der Waals surface area contributed by atoms with Gasteiger partial charge in [0, 0.05) is 29.8 Å². The van der Waals surface area contributed by atoms with Crippen LogP contribution in [0.25, 0.3) is 0 Å². The van der Waals surface area contributed by atoms with Crippen molar-refractivity contribution in [3.63, 3.8) is 0 Å². The minimum Gasteiger partial charge on any atom is -0.377 e. The minimum atomic E-state index is -1.44. The van der Waals surface area contributed by atoms with Crippen molar-refractivity contribution < 1.29 is 0 Å². The highest BCUT2D eigenvalue weighted by molar-refractivity contribution is 7.10. The number of hydrogen-bond acceptors (Lipinski definition) is 6. The van der Waals surface area contributed by atoms with Gasteiger partial charge in [0.15, 0.2) is 5.41 Å². The van der Waals surface area contributed by atoms with Crippen molar-refractivity contribution >= 4 is 11.3 Å². The lowest BCUT2D eigenvalue weighted by Crippen LogP contribution is -2.53. The van der Waals surface area contributed by atoms with Gasteiger partial charge in [0.25, 0.3) is 0 Å². The maximum absolute atomic E-state index is 9.90. The molecule has 0 aromatic carbocycles. The fourth-order valence-corrected chi connectivity index (χ4v) is 4.74. The van der Waals surface area contributed by atoms with E-state index >= 15 is 0 Å². The summed E-state index contributed by atoms with van der Waals surface area (Å²) in [6.45, 7) is 3.56. The Morgan fingerprint density at radius 3 is 2.67 bits per heavy atom. The molecule has 0 saturated carbocycles. The molecule has 2 heterocycles. The van der Waals surface area contributed by atoms with Crippen LogP contribution in [0.4, 0.5) is 0 Å². The van der Waals surface area contributed by atoms with Crippen LogP contribution in [-0.4, -0.2) is 24.0 Å². The summed E-state index contributed by atoms with van der Waals surface area (Å²) in [4.78, 5) is 3.11. The molecule has 0 saturated heterocycles. The van der Waals surface area contributed by atoms with Crippen LogP contribution < -0.4 is 5.73 Å². The molecule has 3 atom stereocenters. The summed E-state index contributed by atoms with van der Waals surface area (Å²) in [5.41, 5.74) is 6.09. The quantitative estimate of drug-likeness (QED) is 0.895. The Balaban J connectivity index is 2.28. The van der Waals surface area contributed by atoms with Crippen LogP contribution in [-0.2, 0) is 0 Å². The third-order valence-corrected chi connectivity index (χ3v) is 6.00. The summed E-state index contributed by atoms with van der Waals surface area (Å²) in [6, 6.07) is 9.48. The van der Waals surface area contributed by atoms with Crippen molar-refractivity contribution in [2.75, 3.05) is 13.1 Å². The third-order valence-electron chi connectivity index (χ3n) is 5.05. The molecule has 1 aliphatic heterocycles. The molecule has 2 aliphatic rings. The smallest absolute Gasteiger partial charge is 0.171 e. The van der Waals surface area contributed by atoms with E-state index in [4.69, 9.17) is 5.73 Å². The summed E-state index contributed by atoms with van der Waals surface area (Å²) < 4.78 is 0. The molecular weight excluding hydrogens is 318 g/mol. The van der Waals surface area contributed by atoms with E-state index in [1.165, 1.54) is 11.3 Å². The fourth-order valence-electron chi connectivity index (χ4n) is 3.78. The molecule has 0 radical (unpaired) electrons. The van der Waals surface area contributed by atoms with Gasteiger partial charge in [0.2, 0.25) is 0 Å². The Hall–Kier alpha value is -2.59. The normalized spacial score (nSPS) is 27.8. The zero-order chi connectivity index (χ0) is 17.3. The van der Waals surface area contributed by atoms with E-state index in [1.807, 2.05) is 29.8 Å². The van der Waals surface area contributed by atoms with Gasteiger partial charge in [0.05, 0.1) is 29.8 Å². The first-order valence-electron chi connectivity index (χ1n) is 7.80. The van der Waals surface area contributed by atoms with E-state index in [-0.39, 0.29) is 11.8 Å². The molecule has 0 spiro atoms. The van der Waals surface area contributed by atoms with Crippen molar-refractivity contribution in [3.05, 3.63) is 45.8 Å². The van der Waals surface area contributed by atoms with E-state index in [0.29, 0.717) is 12.1 Å². The average molecular weight is 335 g/mol. The van der Waals surface area contributed by atoms with E-state index < -0.39 is 11.5 Å². The monoisotopic (exact) mass is 335 g/mol. The van der Waals surface area contributed by atoms with E-state index in [2.05, 4.69) is 30.0 Å². The molecule has 120 valence electrons. The summed E-state index contributed by atoms with van der Waals surface area (Å²) in [6.07, 6.45) is 3.89. The highest BCUT2D eigenvalue weighted by Crippen LogP contribution is 2.53. The first-order chi connectivity index (χ1) is 11.6. The average Bonchev–Trinajstić information content (AvgIpc) is 3.14. The van der Waals surface area contributed by atoms with Crippen LogP contribution in [0.3, 0.4) is 0 Å². The fraction of sp³-hybridized carbons (Fsp3) is 0.389. The first-order valence-corrected chi connectivity index (χ1v) is 8.68. The number of nitrogens with two attached hydrogens (primary N) is 1. The van der Waals surface area contributed by atoms with Crippen LogP contribution in [0.1, 0.15) is 17.7 Å². The molecule has 24 heavy (non-hydrogen) atoms. The molecule has 1 aliphatic carbocycles. The lowest BCUT2D eigenvalue weighted by atomic mass is 9.57. The minimum absolute atomic E-state index is 0.0950. The number of allylic oxidation sites excluding steroid dienone is 1. The molecular formula is C18H17N5S. The van der Waals surface area contributed by atoms with Gasteiger partial charge in [0.1, 0.15) is 0 Å². The zero-order valence-electron chi connectivity index (χ0n) is 13.3. The highest BCUT2D eigenvalue weighted by Gasteiger charge is 2.56. The molecule has 0 bridgehead atoms. The van der Waals surface area contributed by atoms with Crippen molar-refractivity contribution in [1.29, 1.82) is 15.8 Å². The molecule has 1 aromatic rings. The van der Waals surface area contributed by atoms with E-state index in [0.717, 1.165) is 17.0 Å². The molecule has 0 fully saturated rings. The first kappa shape index (κ1) is 16.3. The second kappa shape index (κ2) is 6.13. The Bertz CT molecular complexity index is 801. The summed E-state index contributed by atoms with van der Waals surface area (Å²) in [5.74, 6) is -0.434. The number of nitriles is 3. The van der Waals surface area contributed by atoms with Crippen LogP contribution in [0.5, 0.6) is 0 Å². The number of nitrogens with zero attached hydrogens (tertiary/aromatic N) is 4. The number of thiophene rings is 1. The Morgan fingerprint density at radius 2 is 2.12 bits per heavy atom. The van der Waals surface area contributed by atoms with Crippen molar-refractivity contribution in [1.82, 2.24) is 4.90 Å². The predicted molar refractivity (Wildman–Crippen MR) is 91.2 cm³/mol. The van der Waals surface area contributed by atoms with Crippen molar-refractivity contribution in [2.45, 2.75) is 18.9 Å². The number of hydrogen-bond donors (Lipinski definition) is 1. The lowest BCUT2D eigenvalue weighted by Gasteiger charge is -2.46. The molecule has 2 N–H and O–H groups in total. The SMILES string of the molecule is CCN1C=CC2=C(C#N)C(N)C(C#N)(C#N)C(c3cccs3)C2C1. The standard InChI is InChI=1S/C18H17N5S/c1-2-23-6-5-12-13(8-19)17(22)18(10-20,11-21)16(14(12)9-23)15-4-3-7-24-15/h3-7,14,16-17H,2,9,22H2,1H3. The molecule has 6 heteroatoms. The molecule has 0 amide bonds. The predicted octanol–water partition coefficient (Wildman–Crippen LogP) is 2.49. The van der Waals surface area contributed by atoms with Crippen LogP contribution in [0.2, 0.25) is 0 Å². The van der Waals surface area contributed by atoms with E-state index in [9.17, 15) is 15.8 Å². The van der Waals surface area contributed by atoms with Gasteiger partial charge in [-0.2, -0.15) is 15.8 Å². The molecule has 3 rings (SSSR count). The van der Waals surface area contributed by atoms with Gasteiger partial charge in [-0.15, -0.1) is 11.3 Å². The topological polar surface area (TPSA) is 101 Å². The Labute approximate surface area is 145 Å². The largest absolute Gasteiger partial charge is 0.377 e. The number of rotatable bonds is 2. The summed E-state index contributed by atoms with van der Waals surface area (Å²) in [5, 5.41) is 31.3. The van der Waals surface area contributed by atoms with E-state index in [1.54, 1.807) is 0 Å². The van der Waals surface area contributed by atoms with Gasteiger partial charge in [-0.3, -0.25) is 0 Å². The van der Waals surface area contributed by atoms with Crippen LogP contribution in [0, 0.1) is 45.3 Å². The van der Waals surface area contributed by atoms with Crippen LogP contribution in [0.15, 0.2) is 40.9 Å². The molecule has 5 nitrogen and oxygen atoms in total. The maximum atomic E-state index is 9.90. The van der Waals surface area contributed by atoms with Crippen molar-refractivity contribution in [2.24, 2.45) is 17.1 Å². The number of fused-ring (bicyclic) bond motifs is 1. The summed E-state index contributed by atoms with van der Waals surface area (Å²) in [7, 11) is 0. The van der Waals surface area contributed by atoms with Gasteiger partial charge in [-0.1, -0.05) is 6.07 Å².